The van der Waals surface area contributed by atoms with Gasteiger partial charge in [0.15, 0.2) is 0 Å². The van der Waals surface area contributed by atoms with Gasteiger partial charge in [-0.1, -0.05) is 24.3 Å². The molecule has 11 heteroatoms. The second kappa shape index (κ2) is 8.53. The van der Waals surface area contributed by atoms with E-state index < -0.39 is 27.4 Å². The Morgan fingerprint density at radius 1 is 1.24 bits per heavy atom. The van der Waals surface area contributed by atoms with Crippen molar-refractivity contribution in [3.05, 3.63) is 24.3 Å². The topological polar surface area (TPSA) is 129 Å². The number of aliphatic hydroxyl groups is 1. The third-order valence-corrected chi connectivity index (χ3v) is 9.51. The summed E-state index contributed by atoms with van der Waals surface area (Å²) in [6.07, 6.45) is 2.25. The Balaban J connectivity index is 1.43. The molecule has 0 aliphatic carbocycles. The molecule has 1 aromatic heterocycles. The number of carbonyl (C=O) groups excluding carboxylic acids is 3. The maximum absolute atomic E-state index is 13.6. The Morgan fingerprint density at radius 2 is 2.03 bits per heavy atom. The summed E-state index contributed by atoms with van der Waals surface area (Å²) in [6.45, 7) is 4.51. The van der Waals surface area contributed by atoms with Gasteiger partial charge in [0.05, 0.1) is 28.7 Å². The van der Waals surface area contributed by atoms with Crippen molar-refractivity contribution in [3.63, 3.8) is 0 Å². The van der Waals surface area contributed by atoms with Crippen LogP contribution in [0.4, 0.5) is 0 Å². The summed E-state index contributed by atoms with van der Waals surface area (Å²) in [5, 5.41) is 23.8. The van der Waals surface area contributed by atoms with E-state index in [1.807, 2.05) is 38.1 Å². The number of nitrogens with zero attached hydrogens (tertiary/aromatic N) is 4. The van der Waals surface area contributed by atoms with Gasteiger partial charge in [-0.15, -0.1) is 16.9 Å². The fourth-order valence-corrected chi connectivity index (χ4v) is 8.47. The number of likely N-dealkylation sites (tertiary alicyclic amines) is 1. The molecule has 0 saturated carbocycles. The highest BCUT2D eigenvalue weighted by Gasteiger charge is 2.76. The summed E-state index contributed by atoms with van der Waals surface area (Å²) >= 11 is 1.62. The Hall–Kier alpha value is -2.66. The lowest BCUT2D eigenvalue weighted by atomic mass is 9.66. The first-order chi connectivity index (χ1) is 16.4. The summed E-state index contributed by atoms with van der Waals surface area (Å²) in [4.78, 5) is 41.9. The Kier molecular flexibility index (Phi) is 5.79. The van der Waals surface area contributed by atoms with Gasteiger partial charge in [-0.25, -0.2) is 4.68 Å². The molecule has 2 aromatic rings. The molecule has 5 atom stereocenters. The zero-order valence-electron chi connectivity index (χ0n) is 19.4. The normalized spacial score (nSPS) is 31.8. The number of hydrogen-bond acceptors (Lipinski definition) is 7. The van der Waals surface area contributed by atoms with Crippen molar-refractivity contribution in [1.82, 2.24) is 30.5 Å². The maximum atomic E-state index is 13.6. The number of β-amino-alcohol motifs (C(OH)–C–C–N with tert-alkyl or cyclic N) is 1. The number of nitrogens with one attached hydrogen (secondary N) is 2. The Labute approximate surface area is 201 Å². The van der Waals surface area contributed by atoms with E-state index >= 15 is 0 Å². The fraction of sp³-hybridized carbons (Fsp3) is 0.609. The van der Waals surface area contributed by atoms with Crippen LogP contribution in [0.2, 0.25) is 0 Å². The number of aromatic nitrogens is 3. The van der Waals surface area contributed by atoms with Crippen LogP contribution in [-0.4, -0.2) is 78.0 Å². The molecular formula is C23H30N6O4S. The molecule has 3 amide bonds. The van der Waals surface area contributed by atoms with Crippen LogP contribution >= 0.6 is 11.8 Å². The molecule has 1 spiro atoms. The van der Waals surface area contributed by atoms with E-state index in [2.05, 4.69) is 20.9 Å². The van der Waals surface area contributed by atoms with E-state index in [9.17, 15) is 19.5 Å². The minimum Gasteiger partial charge on any atom is -0.395 e. The second-order valence-corrected chi connectivity index (χ2v) is 11.4. The Morgan fingerprint density at radius 3 is 2.79 bits per heavy atom. The van der Waals surface area contributed by atoms with Gasteiger partial charge in [-0.3, -0.25) is 14.4 Å². The van der Waals surface area contributed by atoms with Gasteiger partial charge in [0.2, 0.25) is 17.7 Å². The number of thioether (sulfide) groups is 1. The average molecular weight is 487 g/mol. The van der Waals surface area contributed by atoms with Crippen LogP contribution in [0, 0.1) is 11.8 Å². The summed E-state index contributed by atoms with van der Waals surface area (Å²) in [5.41, 5.74) is 1.53. The molecule has 1 aromatic carbocycles. The highest BCUT2D eigenvalue weighted by Crippen LogP contribution is 2.71. The van der Waals surface area contributed by atoms with Crippen molar-refractivity contribution in [2.75, 3.05) is 19.7 Å². The third-order valence-electron chi connectivity index (χ3n) is 7.52. The number of benzene rings is 1. The van der Waals surface area contributed by atoms with Crippen molar-refractivity contribution in [2.24, 2.45) is 11.8 Å². The lowest BCUT2D eigenvalue weighted by molar-refractivity contribution is -0.141. The number of para-hydroxylation sites is 1. The van der Waals surface area contributed by atoms with Crippen LogP contribution in [0.3, 0.4) is 0 Å². The smallest absolute Gasteiger partial charge is 0.245 e. The van der Waals surface area contributed by atoms with E-state index in [4.69, 9.17) is 0 Å². The highest BCUT2D eigenvalue weighted by atomic mass is 32.2. The number of hydrogen-bond donors (Lipinski definition) is 3. The Bertz CT molecular complexity index is 1140. The van der Waals surface area contributed by atoms with E-state index in [-0.39, 0.29) is 37.5 Å². The van der Waals surface area contributed by atoms with E-state index in [0.717, 1.165) is 23.9 Å². The monoisotopic (exact) mass is 486 g/mol. The van der Waals surface area contributed by atoms with Crippen molar-refractivity contribution >= 4 is 40.5 Å². The van der Waals surface area contributed by atoms with E-state index in [0.29, 0.717) is 13.0 Å². The number of aliphatic hydroxyl groups excluding tert-OH is 1. The van der Waals surface area contributed by atoms with Crippen LogP contribution in [0.5, 0.6) is 0 Å². The van der Waals surface area contributed by atoms with Crippen molar-refractivity contribution < 1.29 is 19.5 Å². The molecule has 3 N–H and O–H groups in total. The van der Waals surface area contributed by atoms with E-state index in [1.54, 1.807) is 16.4 Å². The number of rotatable bonds is 8. The molecule has 182 valence electrons. The molecule has 3 saturated heterocycles. The van der Waals surface area contributed by atoms with Crippen molar-refractivity contribution in [1.29, 1.82) is 0 Å². The quantitative estimate of drug-likeness (QED) is 0.496. The minimum absolute atomic E-state index is 0.0575. The molecule has 4 heterocycles. The van der Waals surface area contributed by atoms with Crippen LogP contribution in [0.25, 0.3) is 11.0 Å². The molecule has 34 heavy (non-hydrogen) atoms. The van der Waals surface area contributed by atoms with Crippen molar-refractivity contribution in [3.8, 4) is 0 Å². The fourth-order valence-electron chi connectivity index (χ4n) is 6.12. The van der Waals surface area contributed by atoms with Gasteiger partial charge >= 0.3 is 0 Å². The predicted molar refractivity (Wildman–Crippen MR) is 126 cm³/mol. The zero-order valence-corrected chi connectivity index (χ0v) is 20.2. The second-order valence-electron chi connectivity index (χ2n) is 9.55. The standard InChI is InChI=1S/C23H30N6O4S/c1-3-10-24-19(31)16-17-21(33)28(11-12-30)18(23(17)9-8-22(16,2)34-23)20(32)25-13-29-15-7-5-4-6-14(15)26-27-29/h4-7,16-18,30H,3,8-13H2,1-2H3,(H,24,31)(H,25,32)/t16-,17+,18?,22+,23?/m1/s1. The lowest BCUT2D eigenvalue weighted by Crippen LogP contribution is -2.54. The molecule has 2 bridgehead atoms. The third kappa shape index (κ3) is 3.31. The highest BCUT2D eigenvalue weighted by molar-refractivity contribution is 8.02. The molecular weight excluding hydrogens is 456 g/mol. The molecule has 3 fully saturated rings. The lowest BCUT2D eigenvalue weighted by Gasteiger charge is -2.34. The van der Waals surface area contributed by atoms with Gasteiger partial charge in [-0.05, 0) is 38.3 Å². The molecule has 3 aliphatic heterocycles. The van der Waals surface area contributed by atoms with Crippen LogP contribution in [0.15, 0.2) is 24.3 Å². The van der Waals surface area contributed by atoms with Crippen LogP contribution < -0.4 is 10.6 Å². The number of fused-ring (bicyclic) bond motifs is 2. The maximum Gasteiger partial charge on any atom is 0.245 e. The summed E-state index contributed by atoms with van der Waals surface area (Å²) in [7, 11) is 0. The SMILES string of the molecule is CCCNC(=O)[C@H]1[C@H]2C(=O)N(CCO)C(C(=O)NCn3nnc4ccccc43)C23CC[C@]1(C)S3. The van der Waals surface area contributed by atoms with Gasteiger partial charge in [0.1, 0.15) is 18.2 Å². The first-order valence-corrected chi connectivity index (χ1v) is 12.6. The molecule has 2 unspecified atom stereocenters. The van der Waals surface area contributed by atoms with Crippen LogP contribution in [-0.2, 0) is 21.1 Å². The summed E-state index contributed by atoms with van der Waals surface area (Å²) < 4.78 is 0.519. The van der Waals surface area contributed by atoms with Gasteiger partial charge in [0.25, 0.3) is 0 Å². The van der Waals surface area contributed by atoms with E-state index in [1.165, 1.54) is 4.90 Å². The van der Waals surface area contributed by atoms with Gasteiger partial charge in [0, 0.05) is 17.8 Å². The molecule has 10 nitrogen and oxygen atoms in total. The average Bonchev–Trinajstić information content (AvgIpc) is 3.52. The van der Waals surface area contributed by atoms with Crippen LogP contribution in [0.1, 0.15) is 33.1 Å². The molecule has 0 radical (unpaired) electrons. The summed E-state index contributed by atoms with van der Waals surface area (Å²) in [5.74, 6) is -1.70. The first kappa shape index (κ1) is 23.1. The van der Waals surface area contributed by atoms with Crippen molar-refractivity contribution in [2.45, 2.75) is 55.3 Å². The minimum atomic E-state index is -0.761. The first-order valence-electron chi connectivity index (χ1n) is 11.8. The summed E-state index contributed by atoms with van der Waals surface area (Å²) in [6, 6.07) is 6.72. The molecule has 5 rings (SSSR count). The predicted octanol–water partition coefficient (Wildman–Crippen LogP) is 0.505. The van der Waals surface area contributed by atoms with Gasteiger partial charge < -0.3 is 20.6 Å². The number of carbonyl (C=O) groups is 3. The largest absolute Gasteiger partial charge is 0.395 e. The number of amides is 3. The van der Waals surface area contributed by atoms with Gasteiger partial charge in [-0.2, -0.15) is 0 Å². The molecule has 3 aliphatic rings. The zero-order chi connectivity index (χ0) is 24.1.